The van der Waals surface area contributed by atoms with Crippen LogP contribution in [0.5, 0.6) is 0 Å². The predicted molar refractivity (Wildman–Crippen MR) is 71.1 cm³/mol. The van der Waals surface area contributed by atoms with Gasteiger partial charge in [0.15, 0.2) is 18.7 Å². The summed E-state index contributed by atoms with van der Waals surface area (Å²) in [6.07, 6.45) is -15.1. The topological polar surface area (TPSA) is 212 Å². The van der Waals surface area contributed by atoms with Crippen molar-refractivity contribution in [3.63, 3.8) is 0 Å². The summed E-state index contributed by atoms with van der Waals surface area (Å²) in [6, 6.07) is -1.31. The summed E-state index contributed by atoms with van der Waals surface area (Å²) in [5.41, 5.74) is 5.64. The number of nitrogens with two attached hydrogens (primary N) is 1. The van der Waals surface area contributed by atoms with E-state index in [-0.39, 0.29) is 0 Å². The number of aliphatic hydroxyl groups is 6. The third-order valence-corrected chi connectivity index (χ3v) is 4.02. The molecule has 2 heterocycles. The molecule has 0 amide bonds. The zero-order valence-electron chi connectivity index (χ0n) is 12.3. The molecule has 0 aromatic carbocycles. The molecule has 0 aliphatic carbocycles. The number of ether oxygens (including phenoxy) is 3. The normalized spacial score (nSPS) is 49.8. The molecule has 24 heavy (non-hydrogen) atoms. The van der Waals surface area contributed by atoms with E-state index in [1.54, 1.807) is 0 Å². The fourth-order valence-corrected chi connectivity index (χ4v) is 2.59. The first-order valence-corrected chi connectivity index (χ1v) is 7.15. The average Bonchev–Trinajstić information content (AvgIpc) is 2.54. The van der Waals surface area contributed by atoms with Gasteiger partial charge in [-0.05, 0) is 0 Å². The Morgan fingerprint density at radius 3 is 2.17 bits per heavy atom. The van der Waals surface area contributed by atoms with Crippen LogP contribution in [0.1, 0.15) is 0 Å². The van der Waals surface area contributed by atoms with Crippen LogP contribution in [0.2, 0.25) is 0 Å². The van der Waals surface area contributed by atoms with Gasteiger partial charge in [-0.15, -0.1) is 0 Å². The van der Waals surface area contributed by atoms with Crippen LogP contribution in [0, 0.1) is 0 Å². The molecule has 0 spiro atoms. The zero-order chi connectivity index (χ0) is 18.2. The molecule has 0 saturated carbocycles. The average molecular weight is 355 g/mol. The maximum Gasteiger partial charge on any atom is 0.335 e. The van der Waals surface area contributed by atoms with Gasteiger partial charge in [0.05, 0.1) is 12.6 Å². The van der Waals surface area contributed by atoms with Crippen molar-refractivity contribution in [1.82, 2.24) is 0 Å². The lowest BCUT2D eigenvalue weighted by Crippen LogP contribution is -2.66. The Morgan fingerprint density at radius 1 is 1.00 bits per heavy atom. The Balaban J connectivity index is 2.16. The number of carbonyl (C=O) groups is 1. The number of hydrogen-bond acceptors (Lipinski definition) is 11. The molecule has 0 unspecified atom stereocenters. The van der Waals surface area contributed by atoms with E-state index in [4.69, 9.17) is 30.2 Å². The van der Waals surface area contributed by atoms with E-state index >= 15 is 0 Å². The Bertz CT molecular complexity index is 451. The number of aliphatic carboxylic acids is 1. The first-order chi connectivity index (χ1) is 11.2. The number of aliphatic hydroxyl groups excluding tert-OH is 6. The second kappa shape index (κ2) is 7.53. The molecule has 12 heteroatoms. The highest BCUT2D eigenvalue weighted by atomic mass is 16.7. The Labute approximate surface area is 135 Å². The van der Waals surface area contributed by atoms with Gasteiger partial charge in [0, 0.05) is 0 Å². The van der Waals surface area contributed by atoms with E-state index in [0.717, 1.165) is 0 Å². The van der Waals surface area contributed by atoms with Gasteiger partial charge in [-0.2, -0.15) is 0 Å². The SMILES string of the molecule is N[C@@H]1[C@@H](O[C@@H]2O[C@H](C(=O)O)[C@@H](O)[C@H](O)[C@H]2O)[C@@H](O)[C@@H](CO)O[C@@H]1O. The van der Waals surface area contributed by atoms with Crippen molar-refractivity contribution in [2.45, 2.75) is 61.3 Å². The van der Waals surface area contributed by atoms with E-state index in [2.05, 4.69) is 0 Å². The minimum Gasteiger partial charge on any atom is -0.479 e. The standard InChI is InChI=1S/C12H21NO11/c13-3-8(4(15)2(1-14)22-11(3)21)23-12-7(18)5(16)6(17)9(24-12)10(19)20/h2-9,11-12,14-18,21H,1,13H2,(H,19,20)/t2-,3-,4+,5+,6+,7-,8-,9+,11+,12-/m1/s1. The molecule has 12 nitrogen and oxygen atoms in total. The third-order valence-electron chi connectivity index (χ3n) is 4.02. The van der Waals surface area contributed by atoms with E-state index in [1.807, 2.05) is 0 Å². The minimum atomic E-state index is -1.90. The quantitative estimate of drug-likeness (QED) is 0.237. The Kier molecular flexibility index (Phi) is 6.09. The summed E-state index contributed by atoms with van der Waals surface area (Å²) in [4.78, 5) is 11.0. The van der Waals surface area contributed by atoms with Gasteiger partial charge in [-0.3, -0.25) is 0 Å². The van der Waals surface area contributed by atoms with Crippen LogP contribution in [-0.2, 0) is 19.0 Å². The van der Waals surface area contributed by atoms with Gasteiger partial charge in [0.25, 0.3) is 0 Å². The van der Waals surface area contributed by atoms with Crippen molar-refractivity contribution in [2.75, 3.05) is 6.61 Å². The Hall–Kier alpha value is -0.930. The summed E-state index contributed by atoms with van der Waals surface area (Å²) >= 11 is 0. The molecule has 9 N–H and O–H groups in total. The van der Waals surface area contributed by atoms with Crippen molar-refractivity contribution >= 4 is 5.97 Å². The first-order valence-electron chi connectivity index (χ1n) is 7.15. The second-order valence-electron chi connectivity index (χ2n) is 5.65. The smallest absolute Gasteiger partial charge is 0.335 e. The van der Waals surface area contributed by atoms with E-state index in [0.29, 0.717) is 0 Å². The van der Waals surface area contributed by atoms with Crippen LogP contribution < -0.4 is 5.73 Å². The fraction of sp³-hybridized carbons (Fsp3) is 0.917. The maximum atomic E-state index is 11.0. The number of carboxylic acid groups (broad SMARTS) is 1. The van der Waals surface area contributed by atoms with Crippen molar-refractivity contribution < 1.29 is 54.8 Å². The molecular formula is C12H21NO11. The molecule has 140 valence electrons. The van der Waals surface area contributed by atoms with Gasteiger partial charge in [0.1, 0.15) is 36.6 Å². The predicted octanol–water partition coefficient (Wildman–Crippen LogP) is -5.34. The minimum absolute atomic E-state index is 0.669. The molecule has 2 aliphatic heterocycles. The number of carboxylic acids is 1. The van der Waals surface area contributed by atoms with Gasteiger partial charge < -0.3 is 55.7 Å². The molecule has 0 radical (unpaired) electrons. The summed E-state index contributed by atoms with van der Waals surface area (Å²) in [5, 5.41) is 67.0. The van der Waals surface area contributed by atoms with Crippen molar-refractivity contribution in [3.8, 4) is 0 Å². The van der Waals surface area contributed by atoms with Crippen molar-refractivity contribution in [1.29, 1.82) is 0 Å². The van der Waals surface area contributed by atoms with Crippen LogP contribution in [-0.4, -0.2) is 110 Å². The van der Waals surface area contributed by atoms with Crippen LogP contribution in [0.4, 0.5) is 0 Å². The van der Waals surface area contributed by atoms with Crippen LogP contribution in [0.15, 0.2) is 0 Å². The number of hydrogen-bond donors (Lipinski definition) is 8. The summed E-state index contributed by atoms with van der Waals surface area (Å²) in [6.45, 7) is -0.669. The molecule has 0 aromatic rings. The van der Waals surface area contributed by atoms with E-state index < -0.39 is 73.9 Å². The van der Waals surface area contributed by atoms with Gasteiger partial charge >= 0.3 is 5.97 Å². The maximum absolute atomic E-state index is 11.0. The van der Waals surface area contributed by atoms with Crippen molar-refractivity contribution in [3.05, 3.63) is 0 Å². The first kappa shape index (κ1) is 19.4. The van der Waals surface area contributed by atoms with Crippen LogP contribution in [0.25, 0.3) is 0 Å². The molecule has 0 bridgehead atoms. The number of rotatable bonds is 4. The highest BCUT2D eigenvalue weighted by molar-refractivity contribution is 5.73. The lowest BCUT2D eigenvalue weighted by Gasteiger charge is -2.45. The lowest BCUT2D eigenvalue weighted by molar-refractivity contribution is -0.335. The summed E-state index contributed by atoms with van der Waals surface area (Å²) in [5.74, 6) is -1.60. The fourth-order valence-electron chi connectivity index (χ4n) is 2.59. The Morgan fingerprint density at radius 2 is 1.62 bits per heavy atom. The largest absolute Gasteiger partial charge is 0.479 e. The molecule has 2 fully saturated rings. The highest BCUT2D eigenvalue weighted by Crippen LogP contribution is 2.28. The van der Waals surface area contributed by atoms with E-state index in [1.165, 1.54) is 0 Å². The molecule has 2 saturated heterocycles. The van der Waals surface area contributed by atoms with Crippen molar-refractivity contribution in [2.24, 2.45) is 5.73 Å². The second-order valence-corrected chi connectivity index (χ2v) is 5.65. The molecule has 0 aromatic heterocycles. The van der Waals surface area contributed by atoms with Crippen LogP contribution in [0.3, 0.4) is 0 Å². The third kappa shape index (κ3) is 3.52. The monoisotopic (exact) mass is 355 g/mol. The van der Waals surface area contributed by atoms with E-state index in [9.17, 15) is 30.3 Å². The van der Waals surface area contributed by atoms with Gasteiger partial charge in [-0.25, -0.2) is 4.79 Å². The lowest BCUT2D eigenvalue weighted by atomic mass is 9.96. The zero-order valence-corrected chi connectivity index (χ0v) is 12.3. The molecular weight excluding hydrogens is 334 g/mol. The molecule has 10 atom stereocenters. The van der Waals surface area contributed by atoms with Crippen LogP contribution >= 0.6 is 0 Å². The van der Waals surface area contributed by atoms with Gasteiger partial charge in [0.2, 0.25) is 0 Å². The highest BCUT2D eigenvalue weighted by Gasteiger charge is 2.51. The molecule has 2 rings (SSSR count). The molecule has 2 aliphatic rings. The van der Waals surface area contributed by atoms with Gasteiger partial charge in [-0.1, -0.05) is 0 Å². The summed E-state index contributed by atoms with van der Waals surface area (Å²) in [7, 11) is 0. The summed E-state index contributed by atoms with van der Waals surface area (Å²) < 4.78 is 15.0.